The summed E-state index contributed by atoms with van der Waals surface area (Å²) in [6.45, 7) is 0. The maximum atomic E-state index is 5.14. The molecule has 0 unspecified atom stereocenters. The summed E-state index contributed by atoms with van der Waals surface area (Å²) in [5.74, 6) is 0. The van der Waals surface area contributed by atoms with Gasteiger partial charge in [0.25, 0.3) is 0 Å². The van der Waals surface area contributed by atoms with Crippen LogP contribution in [0.4, 0.5) is 0 Å². The average molecular weight is 1450 g/mol. The van der Waals surface area contributed by atoms with Crippen LogP contribution in [-0.4, -0.2) is 59.8 Å². The van der Waals surface area contributed by atoms with Crippen molar-refractivity contribution < 1.29 is 0 Å². The average Bonchev–Trinajstić information content (AvgIpc) is 0.853. The van der Waals surface area contributed by atoms with Crippen molar-refractivity contribution in [3.05, 3.63) is 365 Å². The minimum absolute atomic E-state index is 0.817. The zero-order valence-electron chi connectivity index (χ0n) is 61.0. The van der Waals surface area contributed by atoms with Crippen molar-refractivity contribution in [2.45, 2.75) is 0 Å². The van der Waals surface area contributed by atoms with Gasteiger partial charge in [-0.05, 0) is 150 Å². The highest BCUT2D eigenvalue weighted by Gasteiger charge is 2.17. The predicted molar refractivity (Wildman–Crippen MR) is 465 cm³/mol. The van der Waals surface area contributed by atoms with E-state index in [1.165, 1.54) is 0 Å². The van der Waals surface area contributed by atoms with Crippen LogP contribution in [0.25, 0.3) is 232 Å². The highest BCUT2D eigenvalue weighted by atomic mass is 14.8. The number of fused-ring (bicyclic) bond motifs is 16. The molecule has 0 aliphatic heterocycles. The summed E-state index contributed by atoms with van der Waals surface area (Å²) in [4.78, 5) is 59.1. The number of aromatic nitrogens is 12. The number of pyridine rings is 12. The fourth-order valence-corrected chi connectivity index (χ4v) is 15.9. The minimum Gasteiger partial charge on any atom is -0.254 e. The Kier molecular flexibility index (Phi) is 15.6. The maximum absolute atomic E-state index is 5.14. The Hall–Kier alpha value is -15.7. The lowest BCUT2D eigenvalue weighted by atomic mass is 9.99. The minimum atomic E-state index is 0.817. The van der Waals surface area contributed by atoms with Crippen molar-refractivity contribution >= 4 is 131 Å². The summed E-state index contributed by atoms with van der Waals surface area (Å²) in [6, 6.07) is 118. The fourth-order valence-electron chi connectivity index (χ4n) is 15.9. The van der Waals surface area contributed by atoms with E-state index in [2.05, 4.69) is 311 Å². The molecule has 114 heavy (non-hydrogen) atoms. The van der Waals surface area contributed by atoms with E-state index in [1.807, 2.05) is 73.3 Å². The van der Waals surface area contributed by atoms with E-state index in [0.717, 1.165) is 232 Å². The Morgan fingerprint density at radius 2 is 0.430 bits per heavy atom. The molecule has 12 heteroatoms. The van der Waals surface area contributed by atoms with E-state index in [1.54, 1.807) is 0 Å². The molecule has 0 N–H and O–H groups in total. The van der Waals surface area contributed by atoms with Gasteiger partial charge in [0.2, 0.25) is 0 Å². The molecule has 11 aromatic carbocycles. The third-order valence-corrected chi connectivity index (χ3v) is 21.8. The third-order valence-electron chi connectivity index (χ3n) is 21.8. The van der Waals surface area contributed by atoms with Crippen LogP contribution in [0.15, 0.2) is 365 Å². The molecular formula is C102H60N12. The highest BCUT2D eigenvalue weighted by Crippen LogP contribution is 2.38. The Labute approximate surface area is 652 Å². The molecule has 0 saturated heterocycles. The first kappa shape index (κ1) is 65.4. The first-order valence-corrected chi connectivity index (χ1v) is 37.9. The summed E-state index contributed by atoms with van der Waals surface area (Å²) in [5, 5.41) is 12.9. The van der Waals surface area contributed by atoms with E-state index < -0.39 is 0 Å². The SMILES string of the molecule is c1ccc(-c2ccc3ccc4ccc(-c5ccc6cc(-c7ccc8nc(-c9cccc(-c%10ccc%11ccc%12cccnc%12c%11n%10)c9)ccc8c7)ccc6n5)nc4c3n2)cc1.c1cnc2c(c1)ccc1ccc(-c3ccc(-c4ccc5cc(-c6ccc7nc(-c8ccnc9c8ccc8cccnc89)ccc7c6)ccc5n4)cc3)nc12. The maximum Gasteiger partial charge on any atom is 0.0973 e. The van der Waals surface area contributed by atoms with E-state index in [4.69, 9.17) is 39.9 Å². The van der Waals surface area contributed by atoms with Gasteiger partial charge in [0.05, 0.1) is 112 Å². The largest absolute Gasteiger partial charge is 0.254 e. The summed E-state index contributed by atoms with van der Waals surface area (Å²) in [6.07, 6.45) is 7.31. The number of hydrogen-bond acceptors (Lipinski definition) is 12. The van der Waals surface area contributed by atoms with Crippen LogP contribution in [0.3, 0.4) is 0 Å². The van der Waals surface area contributed by atoms with E-state index >= 15 is 0 Å². The standard InChI is InChI=1S/C54H32N6.C48H28N6/c1-2-6-33(7-3-1)44-22-15-36-13-14-37-17-27-50(60-54(37)53(36)58-44)49-28-21-43-31-39(19-25-47(43)57-49)38-18-24-46-42(30-38)20-26-45(56-46)40-8-4-9-41(32-40)48-23-16-35-12-11-34-10-5-29-55-51(34)52(35)59-48;1-3-31-9-10-33-12-18-41(54-47(33)45(31)49-24-1)30-7-5-29(6-8-30)40-21-15-36-27-34(13-19-42(36)52-40)35-14-20-43-37(28-35)16-22-44(53-43)38-23-26-51-48-39(38)17-11-32-4-2-25-50-46(32)48/h1-32H;1-28H. The lowest BCUT2D eigenvalue weighted by Crippen LogP contribution is -1.92. The normalized spacial score (nSPS) is 11.7. The Morgan fingerprint density at radius 1 is 0.140 bits per heavy atom. The van der Waals surface area contributed by atoms with Gasteiger partial charge in [-0.25, -0.2) is 39.9 Å². The molecule has 12 nitrogen and oxygen atoms in total. The van der Waals surface area contributed by atoms with Crippen molar-refractivity contribution in [2.75, 3.05) is 0 Å². The van der Waals surface area contributed by atoms with Gasteiger partial charge in [-0.2, -0.15) is 0 Å². The van der Waals surface area contributed by atoms with Gasteiger partial charge in [0.1, 0.15) is 0 Å². The van der Waals surface area contributed by atoms with Crippen LogP contribution < -0.4 is 0 Å². The van der Waals surface area contributed by atoms with Crippen molar-refractivity contribution in [1.82, 2.24) is 59.8 Å². The predicted octanol–water partition coefficient (Wildman–Crippen LogP) is 25.0. The molecule has 0 bridgehead atoms. The van der Waals surface area contributed by atoms with E-state index in [-0.39, 0.29) is 0 Å². The van der Waals surface area contributed by atoms with Crippen LogP contribution in [0.1, 0.15) is 0 Å². The fraction of sp³-hybridized carbons (Fsp3) is 0. The molecule has 0 amide bonds. The molecule has 0 fully saturated rings. The Morgan fingerprint density at radius 3 is 0.886 bits per heavy atom. The Bertz CT molecular complexity index is 7890. The smallest absolute Gasteiger partial charge is 0.0973 e. The van der Waals surface area contributed by atoms with Crippen molar-refractivity contribution in [3.63, 3.8) is 0 Å². The monoisotopic (exact) mass is 1450 g/mol. The van der Waals surface area contributed by atoms with Gasteiger partial charge in [-0.15, -0.1) is 0 Å². The summed E-state index contributed by atoms with van der Waals surface area (Å²) in [7, 11) is 0. The molecule has 0 radical (unpaired) electrons. The second-order valence-electron chi connectivity index (χ2n) is 28.8. The van der Waals surface area contributed by atoms with Crippen LogP contribution in [0.5, 0.6) is 0 Å². The molecule has 528 valence electrons. The molecule has 23 rings (SSSR count). The van der Waals surface area contributed by atoms with Crippen molar-refractivity contribution in [2.24, 2.45) is 0 Å². The molecule has 23 aromatic rings. The summed E-state index contributed by atoms with van der Waals surface area (Å²) >= 11 is 0. The van der Waals surface area contributed by atoms with Gasteiger partial charge < -0.3 is 0 Å². The number of rotatable bonds is 9. The lowest BCUT2D eigenvalue weighted by Gasteiger charge is -2.10. The van der Waals surface area contributed by atoms with E-state index in [0.29, 0.717) is 0 Å². The molecule has 0 spiro atoms. The first-order chi connectivity index (χ1) is 56.4. The second kappa shape index (κ2) is 27.2. The zero-order chi connectivity index (χ0) is 75.2. The zero-order valence-corrected chi connectivity index (χ0v) is 61.0. The molecule has 0 aliphatic carbocycles. The lowest BCUT2D eigenvalue weighted by molar-refractivity contribution is 1.31. The van der Waals surface area contributed by atoms with E-state index in [9.17, 15) is 0 Å². The number of nitrogens with zero attached hydrogens (tertiary/aromatic N) is 12. The quantitative estimate of drug-likeness (QED) is 0.126. The van der Waals surface area contributed by atoms with Crippen LogP contribution in [0, 0.1) is 0 Å². The second-order valence-corrected chi connectivity index (χ2v) is 28.8. The molecule has 12 aromatic heterocycles. The van der Waals surface area contributed by atoms with Crippen molar-refractivity contribution in [3.8, 4) is 101 Å². The van der Waals surface area contributed by atoms with Crippen LogP contribution in [-0.2, 0) is 0 Å². The van der Waals surface area contributed by atoms with Crippen LogP contribution >= 0.6 is 0 Å². The van der Waals surface area contributed by atoms with Crippen molar-refractivity contribution in [1.29, 1.82) is 0 Å². The molecule has 0 saturated carbocycles. The summed E-state index contributed by atoms with van der Waals surface area (Å²) < 4.78 is 0. The summed E-state index contributed by atoms with van der Waals surface area (Å²) in [5.41, 5.74) is 29.0. The number of benzene rings is 11. The number of hydrogen-bond donors (Lipinski definition) is 0. The molecule has 0 atom stereocenters. The topological polar surface area (TPSA) is 155 Å². The van der Waals surface area contributed by atoms with Gasteiger partial charge in [-0.3, -0.25) is 19.9 Å². The molecule has 12 heterocycles. The van der Waals surface area contributed by atoms with Gasteiger partial charge >= 0.3 is 0 Å². The van der Waals surface area contributed by atoms with Gasteiger partial charge in [0, 0.05) is 123 Å². The molecule has 0 aliphatic rings. The third kappa shape index (κ3) is 11.9. The molecular weight excluding hydrogens is 1390 g/mol. The van der Waals surface area contributed by atoms with Gasteiger partial charge in [0.15, 0.2) is 0 Å². The van der Waals surface area contributed by atoms with Gasteiger partial charge in [-0.1, -0.05) is 212 Å². The van der Waals surface area contributed by atoms with Crippen LogP contribution in [0.2, 0.25) is 0 Å². The highest BCUT2D eigenvalue weighted by molar-refractivity contribution is 6.10. The Balaban J connectivity index is 0.000000140. The first-order valence-electron chi connectivity index (χ1n) is 37.9.